The maximum atomic E-state index is 5.77. The molecule has 2 nitrogen and oxygen atoms in total. The van der Waals surface area contributed by atoms with Crippen LogP contribution in [0.3, 0.4) is 0 Å². The summed E-state index contributed by atoms with van der Waals surface area (Å²) in [4.78, 5) is 0. The fraction of sp³-hybridized carbons (Fsp3) is 0.355. The molecule has 0 radical (unpaired) electrons. The Labute approximate surface area is 200 Å². The molecule has 0 bridgehead atoms. The van der Waals surface area contributed by atoms with E-state index in [1.165, 1.54) is 55.7 Å². The molecule has 0 heterocycles. The lowest BCUT2D eigenvalue weighted by molar-refractivity contribution is 0.575. The van der Waals surface area contributed by atoms with Gasteiger partial charge >= 0.3 is 0 Å². The highest BCUT2D eigenvalue weighted by Gasteiger charge is 2.34. The highest BCUT2D eigenvalue weighted by molar-refractivity contribution is 5.74. The summed E-state index contributed by atoms with van der Waals surface area (Å²) >= 11 is 0. The maximum absolute atomic E-state index is 5.77. The van der Waals surface area contributed by atoms with Gasteiger partial charge in [0, 0.05) is 5.41 Å². The molecule has 0 amide bonds. The van der Waals surface area contributed by atoms with Gasteiger partial charge in [-0.15, -0.1) is 0 Å². The lowest BCUT2D eigenvalue weighted by atomic mass is 9.78. The standard InChI is InChI=1S/C31H40N2/c1-21(27-11-7-9-25(19-27)13-15-32)17-29-23(3)24(4)30(31(29,5)6)18-22(2)28-12-8-10-26(20-28)14-16-33/h7-12,17-20H,13-16,32-33H2,1-6H3/b21-17+,22-18+. The Hall–Kier alpha value is -2.68. The van der Waals surface area contributed by atoms with Crippen molar-refractivity contribution in [3.05, 3.63) is 105 Å². The fourth-order valence-electron chi connectivity index (χ4n) is 4.94. The Morgan fingerprint density at radius 1 is 0.727 bits per heavy atom. The highest BCUT2D eigenvalue weighted by Crippen LogP contribution is 2.49. The van der Waals surface area contributed by atoms with E-state index in [-0.39, 0.29) is 5.41 Å². The third-order valence-electron chi connectivity index (χ3n) is 7.07. The molecule has 2 aromatic carbocycles. The molecule has 0 saturated carbocycles. The monoisotopic (exact) mass is 440 g/mol. The second kappa shape index (κ2) is 10.5. The molecule has 0 atom stereocenters. The largest absolute Gasteiger partial charge is 0.330 e. The number of nitrogens with two attached hydrogens (primary N) is 2. The Balaban J connectivity index is 1.94. The van der Waals surface area contributed by atoms with Crippen LogP contribution in [0.4, 0.5) is 0 Å². The van der Waals surface area contributed by atoms with Crippen molar-refractivity contribution in [3.8, 4) is 0 Å². The van der Waals surface area contributed by atoms with E-state index < -0.39 is 0 Å². The lowest BCUT2D eigenvalue weighted by Gasteiger charge is -2.26. The van der Waals surface area contributed by atoms with Crippen LogP contribution in [0.2, 0.25) is 0 Å². The molecule has 3 rings (SSSR count). The van der Waals surface area contributed by atoms with Gasteiger partial charge in [0.2, 0.25) is 0 Å². The van der Waals surface area contributed by atoms with Crippen LogP contribution in [0.1, 0.15) is 63.8 Å². The van der Waals surface area contributed by atoms with E-state index >= 15 is 0 Å². The fourth-order valence-corrected chi connectivity index (χ4v) is 4.94. The third kappa shape index (κ3) is 5.46. The summed E-state index contributed by atoms with van der Waals surface area (Å²) in [6, 6.07) is 17.5. The van der Waals surface area contributed by atoms with Crippen LogP contribution >= 0.6 is 0 Å². The zero-order chi connectivity index (χ0) is 24.2. The second-order valence-corrected chi connectivity index (χ2v) is 9.84. The molecule has 0 spiro atoms. The minimum atomic E-state index is -0.0551. The van der Waals surface area contributed by atoms with E-state index in [4.69, 9.17) is 11.5 Å². The second-order valence-electron chi connectivity index (χ2n) is 9.84. The normalized spacial score (nSPS) is 16.7. The van der Waals surface area contributed by atoms with Gasteiger partial charge in [-0.05, 0) is 109 Å². The topological polar surface area (TPSA) is 52.0 Å². The first-order chi connectivity index (χ1) is 15.7. The molecule has 174 valence electrons. The van der Waals surface area contributed by atoms with Crippen molar-refractivity contribution in [1.82, 2.24) is 0 Å². The van der Waals surface area contributed by atoms with E-state index in [1.807, 2.05) is 0 Å². The van der Waals surface area contributed by atoms with Gasteiger partial charge in [0.05, 0.1) is 0 Å². The predicted octanol–water partition coefficient (Wildman–Crippen LogP) is 6.87. The number of benzene rings is 2. The molecule has 0 aromatic heterocycles. The summed E-state index contributed by atoms with van der Waals surface area (Å²) in [7, 11) is 0. The molecule has 0 saturated heterocycles. The van der Waals surface area contributed by atoms with E-state index in [0.29, 0.717) is 13.1 Å². The third-order valence-corrected chi connectivity index (χ3v) is 7.07. The van der Waals surface area contributed by atoms with Crippen LogP contribution in [-0.2, 0) is 12.8 Å². The van der Waals surface area contributed by atoms with Crippen molar-refractivity contribution in [2.24, 2.45) is 16.9 Å². The van der Waals surface area contributed by atoms with Gasteiger partial charge in [-0.2, -0.15) is 0 Å². The SMILES string of the molecule is CC1=C(/C=C(\C)c2cccc(CCN)c2)C(C)(C)C(/C=C(\C)c2cccc(CCN)c2)=C1C. The smallest absolute Gasteiger partial charge is 0.0152 e. The highest BCUT2D eigenvalue weighted by atomic mass is 14.5. The Kier molecular flexibility index (Phi) is 7.94. The Bertz CT molecular complexity index is 1050. The average Bonchev–Trinajstić information content (AvgIpc) is 2.94. The van der Waals surface area contributed by atoms with Crippen molar-refractivity contribution in [2.45, 2.75) is 54.4 Å². The summed E-state index contributed by atoms with van der Waals surface area (Å²) < 4.78 is 0. The molecule has 0 aliphatic heterocycles. The molecule has 4 N–H and O–H groups in total. The lowest BCUT2D eigenvalue weighted by Crippen LogP contribution is -2.13. The first-order valence-electron chi connectivity index (χ1n) is 12.1. The minimum absolute atomic E-state index is 0.0551. The Morgan fingerprint density at radius 2 is 1.12 bits per heavy atom. The number of rotatable bonds is 8. The molecule has 2 heteroatoms. The molecule has 33 heavy (non-hydrogen) atoms. The van der Waals surface area contributed by atoms with Gasteiger partial charge in [-0.1, -0.05) is 74.5 Å². The molecule has 0 unspecified atom stereocenters. The zero-order valence-electron chi connectivity index (χ0n) is 21.3. The summed E-state index contributed by atoms with van der Waals surface area (Å²) in [6.07, 6.45) is 6.60. The molecular weight excluding hydrogens is 400 g/mol. The van der Waals surface area contributed by atoms with Crippen molar-refractivity contribution in [3.63, 3.8) is 0 Å². The van der Waals surface area contributed by atoms with Crippen LogP contribution in [0.5, 0.6) is 0 Å². The van der Waals surface area contributed by atoms with Gasteiger partial charge in [0.1, 0.15) is 0 Å². The molecule has 1 aliphatic rings. The molecular formula is C31H40N2. The summed E-state index contributed by atoms with van der Waals surface area (Å²) in [5, 5.41) is 0. The minimum Gasteiger partial charge on any atom is -0.330 e. The predicted molar refractivity (Wildman–Crippen MR) is 145 cm³/mol. The quantitative estimate of drug-likeness (QED) is 0.470. The summed E-state index contributed by atoms with van der Waals surface area (Å²) in [5.41, 5.74) is 24.8. The van der Waals surface area contributed by atoms with Gasteiger partial charge < -0.3 is 11.5 Å². The maximum Gasteiger partial charge on any atom is 0.0152 e. The summed E-state index contributed by atoms with van der Waals surface area (Å²) in [6.45, 7) is 15.0. The first kappa shape index (κ1) is 25.0. The molecule has 0 fully saturated rings. The van der Waals surface area contributed by atoms with E-state index in [0.717, 1.165) is 12.8 Å². The first-order valence-corrected chi connectivity index (χ1v) is 12.1. The van der Waals surface area contributed by atoms with Gasteiger partial charge in [-0.3, -0.25) is 0 Å². The van der Waals surface area contributed by atoms with Crippen molar-refractivity contribution in [1.29, 1.82) is 0 Å². The van der Waals surface area contributed by atoms with E-state index in [1.54, 1.807) is 0 Å². The van der Waals surface area contributed by atoms with Crippen molar-refractivity contribution < 1.29 is 0 Å². The van der Waals surface area contributed by atoms with Crippen LogP contribution in [0.15, 0.2) is 83.0 Å². The van der Waals surface area contributed by atoms with Crippen molar-refractivity contribution in [2.75, 3.05) is 13.1 Å². The van der Waals surface area contributed by atoms with Crippen LogP contribution < -0.4 is 11.5 Å². The van der Waals surface area contributed by atoms with Crippen LogP contribution in [0.25, 0.3) is 11.1 Å². The molecule has 1 aliphatic carbocycles. The van der Waals surface area contributed by atoms with E-state index in [9.17, 15) is 0 Å². The van der Waals surface area contributed by atoms with Crippen molar-refractivity contribution >= 4 is 11.1 Å². The Morgan fingerprint density at radius 3 is 1.48 bits per heavy atom. The van der Waals surface area contributed by atoms with Crippen LogP contribution in [-0.4, -0.2) is 13.1 Å². The van der Waals surface area contributed by atoms with Gasteiger partial charge in [-0.25, -0.2) is 0 Å². The van der Waals surface area contributed by atoms with Crippen LogP contribution in [0, 0.1) is 5.41 Å². The molecule has 2 aromatic rings. The van der Waals surface area contributed by atoms with Gasteiger partial charge in [0.25, 0.3) is 0 Å². The summed E-state index contributed by atoms with van der Waals surface area (Å²) in [5.74, 6) is 0. The number of allylic oxidation sites excluding steroid dienone is 8. The van der Waals surface area contributed by atoms with Gasteiger partial charge in [0.15, 0.2) is 0 Å². The van der Waals surface area contributed by atoms with E-state index in [2.05, 4.69) is 102 Å². The number of hydrogen-bond acceptors (Lipinski definition) is 2. The number of hydrogen-bond donors (Lipinski definition) is 2. The zero-order valence-corrected chi connectivity index (χ0v) is 21.3. The average molecular weight is 441 g/mol.